The number of nitrogens with zero attached hydrogens (tertiary/aromatic N) is 2. The summed E-state index contributed by atoms with van der Waals surface area (Å²) in [5.74, 6) is 0.164. The molecule has 0 unspecified atom stereocenters. The maximum atomic E-state index is 12.9. The summed E-state index contributed by atoms with van der Waals surface area (Å²) in [6.45, 7) is 5.36. The molecule has 1 amide bonds. The Bertz CT molecular complexity index is 830. The van der Waals surface area contributed by atoms with E-state index in [0.717, 1.165) is 25.9 Å². The molecule has 140 valence electrons. The minimum absolute atomic E-state index is 0.0251. The Kier molecular flexibility index (Phi) is 6.32. The summed E-state index contributed by atoms with van der Waals surface area (Å²) < 4.78 is 7.22. The Labute approximate surface area is 157 Å². The molecule has 2 atom stereocenters. The Morgan fingerprint density at radius 3 is 3.00 bits per heavy atom. The third-order valence-electron chi connectivity index (χ3n) is 4.69. The fraction of sp³-hybridized carbons (Fsp3) is 0.526. The second-order valence-electron chi connectivity index (χ2n) is 6.57. The monoisotopic (exact) mass is 375 g/mol. The maximum Gasteiger partial charge on any atom is 0.262 e. The lowest BCUT2D eigenvalue weighted by Crippen LogP contribution is -2.33. The summed E-state index contributed by atoms with van der Waals surface area (Å²) in [6, 6.07) is 7.37. The largest absolute Gasteiger partial charge is 0.376 e. The first kappa shape index (κ1) is 18.9. The van der Waals surface area contributed by atoms with Crippen molar-refractivity contribution in [3.05, 3.63) is 34.6 Å². The van der Waals surface area contributed by atoms with E-state index in [1.54, 1.807) is 10.6 Å². The molecule has 0 aliphatic carbocycles. The number of benzene rings is 1. The first-order valence-electron chi connectivity index (χ1n) is 9.12. The number of ether oxygens (including phenoxy) is 1. The zero-order valence-corrected chi connectivity index (χ0v) is 16.1. The number of amides is 1. The van der Waals surface area contributed by atoms with Gasteiger partial charge in [0.05, 0.1) is 22.8 Å². The Morgan fingerprint density at radius 2 is 2.27 bits per heavy atom. The van der Waals surface area contributed by atoms with E-state index in [0.29, 0.717) is 22.6 Å². The van der Waals surface area contributed by atoms with E-state index < -0.39 is 0 Å². The van der Waals surface area contributed by atoms with Crippen molar-refractivity contribution in [2.45, 2.75) is 50.4 Å². The van der Waals surface area contributed by atoms with Crippen LogP contribution >= 0.6 is 11.8 Å². The standard InChI is InChI=1S/C19H25N3O3S/c1-3-13(2)22-18(24)15-8-4-5-9-16(15)21-19(22)26-12-17(23)20-11-14-7-6-10-25-14/h4-5,8-9,13-14H,3,6-7,10-12H2,1-2H3,(H,20,23)/t13-,14-/m0/s1. The highest BCUT2D eigenvalue weighted by Crippen LogP contribution is 2.22. The van der Waals surface area contributed by atoms with Gasteiger partial charge in [0.1, 0.15) is 0 Å². The van der Waals surface area contributed by atoms with Gasteiger partial charge in [0, 0.05) is 19.2 Å². The molecule has 3 rings (SSSR count). The molecular formula is C19H25N3O3S. The van der Waals surface area contributed by atoms with Gasteiger partial charge in [0.15, 0.2) is 5.16 Å². The van der Waals surface area contributed by atoms with Gasteiger partial charge in [-0.1, -0.05) is 30.8 Å². The summed E-state index contributed by atoms with van der Waals surface area (Å²) in [6.07, 6.45) is 2.99. The number of thioether (sulfide) groups is 1. The molecule has 7 heteroatoms. The van der Waals surface area contributed by atoms with Crippen LogP contribution in [0, 0.1) is 0 Å². The number of fused-ring (bicyclic) bond motifs is 1. The third kappa shape index (κ3) is 4.27. The molecule has 0 saturated carbocycles. The van der Waals surface area contributed by atoms with Crippen LogP contribution in [0.15, 0.2) is 34.2 Å². The van der Waals surface area contributed by atoms with Crippen molar-refractivity contribution in [3.63, 3.8) is 0 Å². The number of hydrogen-bond acceptors (Lipinski definition) is 5. The quantitative estimate of drug-likeness (QED) is 0.595. The Balaban J connectivity index is 1.75. The Hall–Kier alpha value is -1.86. The predicted molar refractivity (Wildman–Crippen MR) is 104 cm³/mol. The third-order valence-corrected chi connectivity index (χ3v) is 5.64. The van der Waals surface area contributed by atoms with Crippen LogP contribution in [0.2, 0.25) is 0 Å². The van der Waals surface area contributed by atoms with Crippen molar-refractivity contribution in [3.8, 4) is 0 Å². The number of para-hydroxylation sites is 1. The van der Waals surface area contributed by atoms with Gasteiger partial charge in [-0.05, 0) is 38.3 Å². The lowest BCUT2D eigenvalue weighted by Gasteiger charge is -2.18. The zero-order valence-electron chi connectivity index (χ0n) is 15.2. The van der Waals surface area contributed by atoms with Gasteiger partial charge in [-0.25, -0.2) is 4.98 Å². The van der Waals surface area contributed by atoms with Crippen LogP contribution < -0.4 is 10.9 Å². The molecule has 0 spiro atoms. The molecule has 26 heavy (non-hydrogen) atoms. The fourth-order valence-corrected chi connectivity index (χ4v) is 3.94. The molecular weight excluding hydrogens is 350 g/mol. The highest BCUT2D eigenvalue weighted by molar-refractivity contribution is 7.99. The summed E-state index contributed by atoms with van der Waals surface area (Å²) in [7, 11) is 0. The number of carbonyl (C=O) groups is 1. The molecule has 0 bridgehead atoms. The van der Waals surface area contributed by atoms with Gasteiger partial charge >= 0.3 is 0 Å². The normalized spacial score (nSPS) is 18.2. The fourth-order valence-electron chi connectivity index (χ4n) is 3.01. The second-order valence-corrected chi connectivity index (χ2v) is 7.51. The van der Waals surface area contributed by atoms with Crippen molar-refractivity contribution in [1.29, 1.82) is 0 Å². The van der Waals surface area contributed by atoms with Crippen molar-refractivity contribution in [2.24, 2.45) is 0 Å². The molecule has 6 nitrogen and oxygen atoms in total. The van der Waals surface area contributed by atoms with Crippen LogP contribution in [0.1, 0.15) is 39.2 Å². The molecule has 1 aliphatic rings. The first-order valence-corrected chi connectivity index (χ1v) is 10.1. The first-order chi connectivity index (χ1) is 12.6. The lowest BCUT2D eigenvalue weighted by atomic mass is 10.2. The van der Waals surface area contributed by atoms with Crippen molar-refractivity contribution >= 4 is 28.6 Å². The SMILES string of the molecule is CC[C@H](C)n1c(SCC(=O)NC[C@@H]2CCCO2)nc2ccccc2c1=O. The van der Waals surface area contributed by atoms with Crippen LogP contribution in [-0.4, -0.2) is 40.5 Å². The number of nitrogens with one attached hydrogen (secondary N) is 1. The van der Waals surface area contributed by atoms with Gasteiger partial charge in [0.2, 0.25) is 5.91 Å². The molecule has 1 aromatic heterocycles. The molecule has 1 aromatic carbocycles. The van der Waals surface area contributed by atoms with E-state index in [1.807, 2.05) is 32.0 Å². The van der Waals surface area contributed by atoms with Crippen molar-refractivity contribution in [2.75, 3.05) is 18.9 Å². The number of hydrogen-bond donors (Lipinski definition) is 1. The van der Waals surface area contributed by atoms with E-state index in [9.17, 15) is 9.59 Å². The van der Waals surface area contributed by atoms with E-state index in [2.05, 4.69) is 10.3 Å². The van der Waals surface area contributed by atoms with E-state index in [4.69, 9.17) is 4.74 Å². The van der Waals surface area contributed by atoms with Crippen LogP contribution in [-0.2, 0) is 9.53 Å². The molecule has 0 radical (unpaired) electrons. The summed E-state index contributed by atoms with van der Waals surface area (Å²) in [5.41, 5.74) is 0.617. The zero-order chi connectivity index (χ0) is 18.5. The van der Waals surface area contributed by atoms with E-state index >= 15 is 0 Å². The average Bonchev–Trinajstić information content (AvgIpc) is 3.18. The van der Waals surface area contributed by atoms with Crippen LogP contribution in [0.3, 0.4) is 0 Å². The smallest absolute Gasteiger partial charge is 0.262 e. The summed E-state index contributed by atoms with van der Waals surface area (Å²) in [5, 5.41) is 4.11. The summed E-state index contributed by atoms with van der Waals surface area (Å²) in [4.78, 5) is 29.7. The molecule has 2 heterocycles. The Morgan fingerprint density at radius 1 is 1.46 bits per heavy atom. The van der Waals surface area contributed by atoms with Crippen LogP contribution in [0.25, 0.3) is 10.9 Å². The van der Waals surface area contributed by atoms with Crippen molar-refractivity contribution < 1.29 is 9.53 Å². The molecule has 1 N–H and O–H groups in total. The number of carbonyl (C=O) groups excluding carboxylic acids is 1. The van der Waals surface area contributed by atoms with Crippen molar-refractivity contribution in [1.82, 2.24) is 14.9 Å². The minimum Gasteiger partial charge on any atom is -0.376 e. The molecule has 2 aromatic rings. The topological polar surface area (TPSA) is 73.2 Å². The van der Waals surface area contributed by atoms with Gasteiger partial charge < -0.3 is 10.1 Å². The molecule has 1 saturated heterocycles. The van der Waals surface area contributed by atoms with Crippen LogP contribution in [0.4, 0.5) is 0 Å². The lowest BCUT2D eigenvalue weighted by molar-refractivity contribution is -0.119. The molecule has 1 fully saturated rings. The predicted octanol–water partition coefficient (Wildman–Crippen LogP) is 2.75. The number of rotatable bonds is 7. The summed E-state index contributed by atoms with van der Waals surface area (Å²) >= 11 is 1.31. The number of aromatic nitrogens is 2. The molecule has 1 aliphatic heterocycles. The van der Waals surface area contributed by atoms with Gasteiger partial charge in [-0.2, -0.15) is 0 Å². The highest BCUT2D eigenvalue weighted by atomic mass is 32.2. The average molecular weight is 375 g/mol. The second kappa shape index (κ2) is 8.68. The van der Waals surface area contributed by atoms with E-state index in [-0.39, 0.29) is 29.4 Å². The van der Waals surface area contributed by atoms with Gasteiger partial charge in [0.25, 0.3) is 5.56 Å². The minimum atomic E-state index is -0.0661. The highest BCUT2D eigenvalue weighted by Gasteiger charge is 2.18. The van der Waals surface area contributed by atoms with Gasteiger partial charge in [-0.3, -0.25) is 14.2 Å². The van der Waals surface area contributed by atoms with Gasteiger partial charge in [-0.15, -0.1) is 0 Å². The maximum absolute atomic E-state index is 12.9. The van der Waals surface area contributed by atoms with E-state index in [1.165, 1.54) is 11.8 Å². The van der Waals surface area contributed by atoms with Crippen LogP contribution in [0.5, 0.6) is 0 Å².